The average molecular weight is 409 g/mol. The minimum absolute atomic E-state index is 0.0375. The summed E-state index contributed by atoms with van der Waals surface area (Å²) >= 11 is 5.58. The Hall–Kier alpha value is -2.84. The number of benzene rings is 1. The highest BCUT2D eigenvalue weighted by molar-refractivity contribution is 7.71. The smallest absolute Gasteiger partial charge is 0.227 e. The Morgan fingerprint density at radius 2 is 1.83 bits per heavy atom. The molecule has 0 radical (unpaired) electrons. The molecule has 1 N–H and O–H groups in total. The van der Waals surface area contributed by atoms with Gasteiger partial charge in [0.25, 0.3) is 0 Å². The summed E-state index contributed by atoms with van der Waals surface area (Å²) in [6.07, 6.45) is 5.16. The lowest BCUT2D eigenvalue weighted by Crippen LogP contribution is -2.39. The van der Waals surface area contributed by atoms with E-state index in [1.165, 1.54) is 0 Å². The van der Waals surface area contributed by atoms with E-state index in [0.29, 0.717) is 11.4 Å². The van der Waals surface area contributed by atoms with E-state index < -0.39 is 0 Å². The van der Waals surface area contributed by atoms with Crippen LogP contribution in [0.15, 0.2) is 54.9 Å². The molecular formula is C21H24N6OS. The average Bonchev–Trinajstić information content (AvgIpc) is 3.04. The van der Waals surface area contributed by atoms with Gasteiger partial charge in [-0.1, -0.05) is 18.2 Å². The largest absolute Gasteiger partial charge is 0.326 e. The molecule has 1 aliphatic rings. The zero-order valence-electron chi connectivity index (χ0n) is 16.4. The van der Waals surface area contributed by atoms with E-state index in [-0.39, 0.29) is 11.8 Å². The van der Waals surface area contributed by atoms with Gasteiger partial charge in [-0.05, 0) is 49.3 Å². The van der Waals surface area contributed by atoms with E-state index in [2.05, 4.69) is 15.2 Å². The molecule has 8 heteroatoms. The number of likely N-dealkylation sites (tertiary alicyclic amines) is 1. The van der Waals surface area contributed by atoms with Crippen LogP contribution in [0.1, 0.15) is 12.8 Å². The van der Waals surface area contributed by atoms with Crippen molar-refractivity contribution in [3.63, 3.8) is 0 Å². The lowest BCUT2D eigenvalue weighted by Gasteiger charge is -2.30. The lowest BCUT2D eigenvalue weighted by molar-refractivity contribution is -0.121. The van der Waals surface area contributed by atoms with Crippen molar-refractivity contribution < 1.29 is 4.79 Å². The number of hydrogen-bond donors (Lipinski definition) is 1. The second kappa shape index (κ2) is 8.67. The van der Waals surface area contributed by atoms with Crippen LogP contribution in [-0.2, 0) is 18.5 Å². The second-order valence-corrected chi connectivity index (χ2v) is 7.65. The van der Waals surface area contributed by atoms with E-state index in [4.69, 9.17) is 17.3 Å². The van der Waals surface area contributed by atoms with Gasteiger partial charge in [0.2, 0.25) is 5.91 Å². The van der Waals surface area contributed by atoms with Gasteiger partial charge in [0.1, 0.15) is 0 Å². The summed E-state index contributed by atoms with van der Waals surface area (Å²) in [5, 5.41) is 7.72. The highest BCUT2D eigenvalue weighted by Crippen LogP contribution is 2.21. The number of hydrogen-bond acceptors (Lipinski definition) is 5. The molecule has 0 spiro atoms. The van der Waals surface area contributed by atoms with E-state index in [1.54, 1.807) is 12.4 Å². The SMILES string of the molecule is Cn1c(-c2ccncc2)nn(CN2CCC(C(=O)Nc3ccccc3)CC2)c1=S. The highest BCUT2D eigenvalue weighted by atomic mass is 32.1. The standard InChI is InChI=1S/C21H24N6OS/c1-25-19(16-7-11-22-12-8-16)24-27(21(25)29)15-26-13-9-17(10-14-26)20(28)23-18-5-3-2-4-6-18/h2-8,11-12,17H,9-10,13-15H2,1H3,(H,23,28). The number of aromatic nitrogens is 4. The molecule has 3 heterocycles. The molecular weight excluding hydrogens is 384 g/mol. The number of nitrogens with zero attached hydrogens (tertiary/aromatic N) is 5. The van der Waals surface area contributed by atoms with Gasteiger partial charge in [-0.3, -0.25) is 14.7 Å². The normalized spacial score (nSPS) is 15.3. The van der Waals surface area contributed by atoms with Crippen molar-refractivity contribution in [2.45, 2.75) is 19.5 Å². The fourth-order valence-electron chi connectivity index (χ4n) is 3.62. The predicted octanol–water partition coefficient (Wildman–Crippen LogP) is 3.32. The summed E-state index contributed by atoms with van der Waals surface area (Å²) in [7, 11) is 1.93. The molecule has 1 aromatic carbocycles. The van der Waals surface area contributed by atoms with Crippen LogP contribution in [0.3, 0.4) is 0 Å². The second-order valence-electron chi connectivity index (χ2n) is 7.29. The van der Waals surface area contributed by atoms with Gasteiger partial charge >= 0.3 is 0 Å². The first-order valence-corrected chi connectivity index (χ1v) is 10.1. The van der Waals surface area contributed by atoms with Gasteiger partial charge in [0.15, 0.2) is 10.6 Å². The number of carbonyl (C=O) groups excluding carboxylic acids is 1. The number of rotatable bonds is 5. The van der Waals surface area contributed by atoms with Crippen LogP contribution in [-0.4, -0.2) is 43.2 Å². The number of piperidine rings is 1. The first-order chi connectivity index (χ1) is 14.1. The first kappa shape index (κ1) is 19.5. The summed E-state index contributed by atoms with van der Waals surface area (Å²) in [6.45, 7) is 2.32. The van der Waals surface area contributed by atoms with E-state index in [1.807, 2.05) is 58.8 Å². The van der Waals surface area contributed by atoms with E-state index >= 15 is 0 Å². The summed E-state index contributed by atoms with van der Waals surface area (Å²) in [5.74, 6) is 0.968. The van der Waals surface area contributed by atoms with Crippen molar-refractivity contribution in [3.05, 3.63) is 59.6 Å². The van der Waals surface area contributed by atoms with Gasteiger partial charge in [-0.25, -0.2) is 4.68 Å². The maximum absolute atomic E-state index is 12.5. The molecule has 0 unspecified atom stereocenters. The molecule has 1 fully saturated rings. The molecule has 1 saturated heterocycles. The van der Waals surface area contributed by atoms with Gasteiger partial charge < -0.3 is 9.88 Å². The molecule has 7 nitrogen and oxygen atoms in total. The molecule has 2 aromatic heterocycles. The van der Waals surface area contributed by atoms with E-state index in [0.717, 1.165) is 43.0 Å². The van der Waals surface area contributed by atoms with Crippen molar-refractivity contribution >= 4 is 23.8 Å². The monoisotopic (exact) mass is 408 g/mol. The van der Waals surface area contributed by atoms with E-state index in [9.17, 15) is 4.79 Å². The van der Waals surface area contributed by atoms with Crippen LogP contribution >= 0.6 is 12.2 Å². The van der Waals surface area contributed by atoms with Crippen LogP contribution in [0, 0.1) is 10.7 Å². The van der Waals surface area contributed by atoms with Gasteiger partial charge in [0.05, 0.1) is 6.67 Å². The summed E-state index contributed by atoms with van der Waals surface area (Å²) in [5.41, 5.74) is 1.84. The third-order valence-corrected chi connectivity index (χ3v) is 5.80. The molecule has 0 atom stereocenters. The number of pyridine rings is 1. The molecule has 3 aromatic rings. The fourth-order valence-corrected chi connectivity index (χ4v) is 3.81. The zero-order chi connectivity index (χ0) is 20.2. The third kappa shape index (κ3) is 4.44. The Labute approximate surface area is 175 Å². The molecule has 0 saturated carbocycles. The number of nitrogens with one attached hydrogen (secondary N) is 1. The number of para-hydroxylation sites is 1. The minimum atomic E-state index is 0.0375. The van der Waals surface area contributed by atoms with Crippen LogP contribution in [0.5, 0.6) is 0 Å². The molecule has 29 heavy (non-hydrogen) atoms. The fraction of sp³-hybridized carbons (Fsp3) is 0.333. The van der Waals surface area contributed by atoms with Crippen molar-refractivity contribution in [3.8, 4) is 11.4 Å². The van der Waals surface area contributed by atoms with Crippen LogP contribution < -0.4 is 5.32 Å². The third-order valence-electron chi connectivity index (χ3n) is 5.31. The van der Waals surface area contributed by atoms with Gasteiger partial charge in [-0.2, -0.15) is 5.10 Å². The van der Waals surface area contributed by atoms with Gasteiger partial charge in [0, 0.05) is 49.7 Å². The van der Waals surface area contributed by atoms with Crippen molar-refractivity contribution in [1.82, 2.24) is 24.2 Å². The van der Waals surface area contributed by atoms with Crippen molar-refractivity contribution in [2.75, 3.05) is 18.4 Å². The molecule has 1 amide bonds. The number of amides is 1. The Kier molecular flexibility index (Phi) is 5.82. The Bertz CT molecular complexity index is 1020. The zero-order valence-corrected chi connectivity index (χ0v) is 17.2. The van der Waals surface area contributed by atoms with Crippen LogP contribution in [0.25, 0.3) is 11.4 Å². The van der Waals surface area contributed by atoms with Crippen molar-refractivity contribution in [1.29, 1.82) is 0 Å². The van der Waals surface area contributed by atoms with Crippen LogP contribution in [0.4, 0.5) is 5.69 Å². The quantitative estimate of drug-likeness (QED) is 0.656. The molecule has 4 rings (SSSR count). The minimum Gasteiger partial charge on any atom is -0.326 e. The summed E-state index contributed by atoms with van der Waals surface area (Å²) in [4.78, 5) is 18.9. The summed E-state index contributed by atoms with van der Waals surface area (Å²) in [6, 6.07) is 13.5. The summed E-state index contributed by atoms with van der Waals surface area (Å²) < 4.78 is 4.46. The number of carbonyl (C=O) groups is 1. The first-order valence-electron chi connectivity index (χ1n) is 9.74. The molecule has 0 bridgehead atoms. The van der Waals surface area contributed by atoms with Crippen LogP contribution in [0.2, 0.25) is 0 Å². The highest BCUT2D eigenvalue weighted by Gasteiger charge is 2.25. The topological polar surface area (TPSA) is 68.0 Å². The molecule has 1 aliphatic heterocycles. The Balaban J connectivity index is 1.37. The van der Waals surface area contributed by atoms with Gasteiger partial charge in [-0.15, -0.1) is 0 Å². The molecule has 150 valence electrons. The maximum atomic E-state index is 12.5. The lowest BCUT2D eigenvalue weighted by atomic mass is 9.96. The number of anilines is 1. The Morgan fingerprint density at radius 1 is 1.14 bits per heavy atom. The molecule has 0 aliphatic carbocycles. The maximum Gasteiger partial charge on any atom is 0.227 e. The van der Waals surface area contributed by atoms with Crippen molar-refractivity contribution in [2.24, 2.45) is 13.0 Å². The Morgan fingerprint density at radius 3 is 2.52 bits per heavy atom. The predicted molar refractivity (Wildman–Crippen MR) is 115 cm³/mol.